The van der Waals surface area contributed by atoms with Gasteiger partial charge in [0, 0.05) is 39.4 Å². The first-order chi connectivity index (χ1) is 11.6. The number of likely N-dealkylation sites (N-methyl/N-ethyl adjacent to an activating group) is 1. The van der Waals surface area contributed by atoms with E-state index in [0.717, 1.165) is 42.5 Å². The predicted molar refractivity (Wildman–Crippen MR) is 95.0 cm³/mol. The van der Waals surface area contributed by atoms with E-state index < -0.39 is 0 Å². The highest BCUT2D eigenvalue weighted by Gasteiger charge is 2.29. The fourth-order valence-electron chi connectivity index (χ4n) is 3.12. The maximum atomic E-state index is 13.0. The van der Waals surface area contributed by atoms with Crippen molar-refractivity contribution in [1.82, 2.24) is 14.9 Å². The van der Waals surface area contributed by atoms with Gasteiger partial charge in [0.25, 0.3) is 0 Å². The third kappa shape index (κ3) is 3.02. The number of H-pyrrole nitrogens is 1. The summed E-state index contributed by atoms with van der Waals surface area (Å²) in [6.45, 7) is 5.31. The highest BCUT2D eigenvalue weighted by atomic mass is 19.1. The molecule has 2 aromatic heterocycles. The predicted octanol–water partition coefficient (Wildman–Crippen LogP) is 2.47. The number of nitrogens with zero attached hydrogens (tertiary/aromatic N) is 5. The molecular weight excluding hydrogens is 307 g/mol. The minimum atomic E-state index is -0.322. The maximum absolute atomic E-state index is 13.0. The first-order valence-corrected chi connectivity index (χ1v) is 7.84. The van der Waals surface area contributed by atoms with E-state index >= 15 is 0 Å². The Kier molecular flexibility index (Phi) is 4.59. The molecule has 126 valence electrons. The molecule has 0 saturated carbocycles. The van der Waals surface area contributed by atoms with Crippen molar-refractivity contribution in [2.45, 2.75) is 12.5 Å². The Morgan fingerprint density at radius 1 is 1.46 bits per heavy atom. The fourth-order valence-corrected chi connectivity index (χ4v) is 3.12. The molecule has 0 radical (unpaired) electrons. The van der Waals surface area contributed by atoms with E-state index in [0.29, 0.717) is 6.04 Å². The Bertz CT molecular complexity index is 736. The number of likely N-dealkylation sites (tertiary alicyclic amines) is 1. The number of aromatic amines is 1. The zero-order valence-electron chi connectivity index (χ0n) is 13.9. The van der Waals surface area contributed by atoms with Crippen LogP contribution in [0.3, 0.4) is 0 Å². The van der Waals surface area contributed by atoms with Crippen molar-refractivity contribution in [3.8, 4) is 0 Å². The normalized spacial score (nSPS) is 18.0. The summed E-state index contributed by atoms with van der Waals surface area (Å²) in [5.41, 5.74) is 0.954. The Morgan fingerprint density at radius 3 is 2.96 bits per heavy atom. The average Bonchev–Trinajstić information content (AvgIpc) is 3.25. The van der Waals surface area contributed by atoms with Crippen molar-refractivity contribution < 1.29 is 4.39 Å². The topological polar surface area (TPSA) is 59.9 Å². The number of hydrogen-bond acceptors (Lipinski definition) is 4. The molecule has 0 unspecified atom stereocenters. The fraction of sp³-hybridized carbons (Fsp3) is 0.353. The molecule has 7 heteroatoms. The van der Waals surface area contributed by atoms with E-state index in [1.54, 1.807) is 13.1 Å². The molecule has 0 aliphatic carbocycles. The van der Waals surface area contributed by atoms with Crippen LogP contribution >= 0.6 is 0 Å². The van der Waals surface area contributed by atoms with Crippen LogP contribution in [-0.4, -0.2) is 60.6 Å². The summed E-state index contributed by atoms with van der Waals surface area (Å²) in [6, 6.07) is 5.40. The molecule has 0 bridgehead atoms. The van der Waals surface area contributed by atoms with Gasteiger partial charge in [-0.2, -0.15) is 0 Å². The number of pyridine rings is 1. The van der Waals surface area contributed by atoms with Crippen molar-refractivity contribution >= 4 is 24.2 Å². The third-order valence-corrected chi connectivity index (χ3v) is 4.42. The Hall–Kier alpha value is -2.70. The van der Waals surface area contributed by atoms with E-state index in [1.165, 1.54) is 12.3 Å². The Morgan fingerprint density at radius 2 is 2.29 bits per heavy atom. The third-order valence-electron chi connectivity index (χ3n) is 4.42. The SMILES string of the molecule is C=Nc1[nH]ccc1/C(=N\C)N1CC[C@@H](N(C)c2ccc(F)cn2)C1. The standard InChI is InChI=1S/C17H21FN6/c1-19-16-14(6-8-21-16)17(20-2)24-9-7-13(11-24)23(3)15-5-4-12(18)10-22-15/h4-6,8,10,13,21H,1,7,9,11H2,2-3H3/b20-17+/t13-/m1/s1. The average molecular weight is 328 g/mol. The summed E-state index contributed by atoms with van der Waals surface area (Å²) in [7, 11) is 3.78. The lowest BCUT2D eigenvalue weighted by Crippen LogP contribution is -2.37. The van der Waals surface area contributed by atoms with Gasteiger partial charge in [0.1, 0.15) is 23.3 Å². The smallest absolute Gasteiger partial charge is 0.141 e. The summed E-state index contributed by atoms with van der Waals surface area (Å²) in [6.07, 6.45) is 4.07. The van der Waals surface area contributed by atoms with E-state index in [4.69, 9.17) is 0 Å². The number of anilines is 1. The molecule has 0 spiro atoms. The van der Waals surface area contributed by atoms with E-state index in [1.807, 2.05) is 19.3 Å². The van der Waals surface area contributed by atoms with Gasteiger partial charge in [0.2, 0.25) is 0 Å². The molecule has 1 aliphatic heterocycles. The molecule has 1 atom stereocenters. The number of amidine groups is 1. The van der Waals surface area contributed by atoms with Gasteiger partial charge >= 0.3 is 0 Å². The van der Waals surface area contributed by atoms with Crippen molar-refractivity contribution in [1.29, 1.82) is 0 Å². The van der Waals surface area contributed by atoms with Crippen molar-refractivity contribution in [3.63, 3.8) is 0 Å². The van der Waals surface area contributed by atoms with Crippen LogP contribution in [0.25, 0.3) is 0 Å². The highest BCUT2D eigenvalue weighted by Crippen LogP contribution is 2.24. The molecule has 3 rings (SSSR count). The summed E-state index contributed by atoms with van der Waals surface area (Å²) >= 11 is 0. The number of hydrogen-bond donors (Lipinski definition) is 1. The monoisotopic (exact) mass is 328 g/mol. The molecule has 1 N–H and O–H groups in total. The summed E-state index contributed by atoms with van der Waals surface area (Å²) in [4.78, 5) is 20.0. The lowest BCUT2D eigenvalue weighted by molar-refractivity contribution is 0.505. The second kappa shape index (κ2) is 6.82. The molecular formula is C17H21FN6. The largest absolute Gasteiger partial charge is 0.355 e. The zero-order valence-corrected chi connectivity index (χ0v) is 13.9. The van der Waals surface area contributed by atoms with Gasteiger partial charge < -0.3 is 14.8 Å². The quantitative estimate of drug-likeness (QED) is 0.693. The number of halogens is 1. The first kappa shape index (κ1) is 16.2. The van der Waals surface area contributed by atoms with E-state index in [-0.39, 0.29) is 5.82 Å². The lowest BCUT2D eigenvalue weighted by atomic mass is 10.2. The second-order valence-electron chi connectivity index (χ2n) is 5.78. The van der Waals surface area contributed by atoms with Crippen LogP contribution < -0.4 is 4.90 Å². The molecule has 2 aromatic rings. The van der Waals surface area contributed by atoms with Gasteiger partial charge in [-0.1, -0.05) is 0 Å². The van der Waals surface area contributed by atoms with Crippen LogP contribution in [0.4, 0.5) is 16.0 Å². The summed E-state index contributed by atoms with van der Waals surface area (Å²) < 4.78 is 13.0. The second-order valence-corrected chi connectivity index (χ2v) is 5.78. The molecule has 6 nitrogen and oxygen atoms in total. The van der Waals surface area contributed by atoms with Crippen LogP contribution in [0, 0.1) is 5.82 Å². The number of nitrogens with one attached hydrogen (secondary N) is 1. The molecule has 1 fully saturated rings. The summed E-state index contributed by atoms with van der Waals surface area (Å²) in [5, 5.41) is 0. The van der Waals surface area contributed by atoms with Crippen LogP contribution in [0.15, 0.2) is 40.6 Å². The van der Waals surface area contributed by atoms with Gasteiger partial charge in [-0.25, -0.2) is 14.4 Å². The molecule has 1 aliphatic rings. The molecule has 24 heavy (non-hydrogen) atoms. The molecule has 1 saturated heterocycles. The molecule has 3 heterocycles. The van der Waals surface area contributed by atoms with Crippen LogP contribution in [-0.2, 0) is 0 Å². The van der Waals surface area contributed by atoms with Gasteiger partial charge in [0.05, 0.1) is 11.8 Å². The van der Waals surface area contributed by atoms with Gasteiger partial charge in [0.15, 0.2) is 0 Å². The highest BCUT2D eigenvalue weighted by molar-refractivity contribution is 6.02. The van der Waals surface area contributed by atoms with E-state index in [2.05, 4.69) is 36.5 Å². The van der Waals surface area contributed by atoms with Crippen molar-refractivity contribution in [2.75, 3.05) is 32.1 Å². The van der Waals surface area contributed by atoms with Crippen molar-refractivity contribution in [3.05, 3.63) is 42.0 Å². The van der Waals surface area contributed by atoms with Gasteiger partial charge in [-0.15, -0.1) is 0 Å². The number of aliphatic imine (C=N–C) groups is 2. The Labute approximate surface area is 140 Å². The number of aromatic nitrogens is 2. The molecule has 0 amide bonds. The minimum Gasteiger partial charge on any atom is -0.355 e. The van der Waals surface area contributed by atoms with Crippen LogP contribution in [0.5, 0.6) is 0 Å². The Balaban J connectivity index is 1.74. The van der Waals surface area contributed by atoms with E-state index in [9.17, 15) is 4.39 Å². The van der Waals surface area contributed by atoms with Gasteiger partial charge in [-0.3, -0.25) is 4.99 Å². The lowest BCUT2D eigenvalue weighted by Gasteiger charge is -2.26. The summed E-state index contributed by atoms with van der Waals surface area (Å²) in [5.74, 6) is 2.08. The van der Waals surface area contributed by atoms with Crippen LogP contribution in [0.1, 0.15) is 12.0 Å². The minimum absolute atomic E-state index is 0.291. The zero-order chi connectivity index (χ0) is 17.1. The van der Waals surface area contributed by atoms with Gasteiger partial charge in [-0.05, 0) is 31.3 Å². The maximum Gasteiger partial charge on any atom is 0.141 e. The molecule has 0 aromatic carbocycles. The number of rotatable bonds is 4. The van der Waals surface area contributed by atoms with Crippen molar-refractivity contribution in [2.24, 2.45) is 9.98 Å². The van der Waals surface area contributed by atoms with Crippen LogP contribution in [0.2, 0.25) is 0 Å². The first-order valence-electron chi connectivity index (χ1n) is 7.84.